The summed E-state index contributed by atoms with van der Waals surface area (Å²) in [5.74, 6) is 0. The van der Waals surface area contributed by atoms with Gasteiger partial charge in [0.15, 0.2) is 0 Å². The average Bonchev–Trinajstić information content (AvgIpc) is 3.13. The molecule has 0 spiro atoms. The lowest BCUT2D eigenvalue weighted by Crippen LogP contribution is -2.21. The minimum Gasteiger partial charge on any atom is -0.307 e. The van der Waals surface area contributed by atoms with Crippen LogP contribution in [0.15, 0.2) is 156 Å². The van der Waals surface area contributed by atoms with Gasteiger partial charge in [-0.1, -0.05) is 163 Å². The fraction of sp³-hybridized carbons (Fsp3) is 0.319. The summed E-state index contributed by atoms with van der Waals surface area (Å²) in [6.07, 6.45) is 16.0. The normalized spacial score (nSPS) is 13.6. The van der Waals surface area contributed by atoms with Crippen molar-refractivity contribution in [3.63, 3.8) is 0 Å². The van der Waals surface area contributed by atoms with Crippen molar-refractivity contribution in [2.45, 2.75) is 85.2 Å². The standard InChI is InChI=1S/C47H58N2/c1-6-47(49-34-32-46(43-26-12-8-13-27-43)44-28-14-9-15-29-44)45-30-18-23-41(36-45)35-39(4)22-17-20-37(2)19-16-21-38(3)31-33-48-40(5)42-24-10-7-11-25-42/h7-15,18-19,22-32,36,40,47-49H,6,16-17,20-21,33-35H2,1-5H3. The van der Waals surface area contributed by atoms with Crippen LogP contribution in [0, 0.1) is 0 Å². The highest BCUT2D eigenvalue weighted by Gasteiger charge is 2.10. The lowest BCUT2D eigenvalue weighted by Gasteiger charge is -2.18. The van der Waals surface area contributed by atoms with Crippen molar-refractivity contribution in [3.05, 3.63) is 184 Å². The van der Waals surface area contributed by atoms with Crippen LogP contribution in [0.1, 0.15) is 107 Å². The van der Waals surface area contributed by atoms with E-state index in [0.29, 0.717) is 12.1 Å². The Kier molecular flexibility index (Phi) is 16.1. The lowest BCUT2D eigenvalue weighted by atomic mass is 9.96. The second-order valence-corrected chi connectivity index (χ2v) is 13.4. The first-order chi connectivity index (χ1) is 23.9. The van der Waals surface area contributed by atoms with E-state index in [1.54, 1.807) is 0 Å². The first kappa shape index (κ1) is 37.6. The molecular weight excluding hydrogens is 593 g/mol. The molecule has 0 saturated carbocycles. The molecule has 2 heteroatoms. The van der Waals surface area contributed by atoms with Crippen LogP contribution in [-0.4, -0.2) is 13.1 Å². The molecule has 49 heavy (non-hydrogen) atoms. The molecule has 4 aromatic carbocycles. The SMILES string of the molecule is CCC(NCC=C(c1ccccc1)c1ccccc1)c1cccc(CC(C)=CCCC(C)=CCCC(C)=CCNC(C)c2ccccc2)c1. The predicted molar refractivity (Wildman–Crippen MR) is 214 cm³/mol. The maximum atomic E-state index is 3.82. The molecule has 0 aliphatic rings. The van der Waals surface area contributed by atoms with Crippen LogP contribution in [0.25, 0.3) is 5.57 Å². The van der Waals surface area contributed by atoms with Crippen LogP contribution >= 0.6 is 0 Å². The number of nitrogens with one attached hydrogen (secondary N) is 2. The Morgan fingerprint density at radius 1 is 0.571 bits per heavy atom. The van der Waals surface area contributed by atoms with E-state index >= 15 is 0 Å². The number of rotatable bonds is 19. The summed E-state index contributed by atoms with van der Waals surface area (Å²) < 4.78 is 0. The number of allylic oxidation sites excluding steroid dienone is 5. The Labute approximate surface area is 297 Å². The summed E-state index contributed by atoms with van der Waals surface area (Å²) in [6.45, 7) is 13.0. The Bertz CT molecular complexity index is 1600. The summed E-state index contributed by atoms with van der Waals surface area (Å²) in [5.41, 5.74) is 12.2. The van der Waals surface area contributed by atoms with Crippen LogP contribution in [0.4, 0.5) is 0 Å². The van der Waals surface area contributed by atoms with Gasteiger partial charge in [-0.3, -0.25) is 0 Å². The van der Waals surface area contributed by atoms with Crippen LogP contribution in [0.3, 0.4) is 0 Å². The van der Waals surface area contributed by atoms with Crippen molar-refractivity contribution in [1.29, 1.82) is 0 Å². The van der Waals surface area contributed by atoms with Crippen molar-refractivity contribution < 1.29 is 0 Å². The van der Waals surface area contributed by atoms with Gasteiger partial charge >= 0.3 is 0 Å². The molecule has 2 unspecified atom stereocenters. The van der Waals surface area contributed by atoms with E-state index in [0.717, 1.165) is 51.6 Å². The first-order valence-electron chi connectivity index (χ1n) is 18.3. The Hall–Kier alpha value is -4.24. The zero-order valence-corrected chi connectivity index (χ0v) is 30.6. The summed E-state index contributed by atoms with van der Waals surface area (Å²) in [7, 11) is 0. The summed E-state index contributed by atoms with van der Waals surface area (Å²) in [5, 5.41) is 7.44. The van der Waals surface area contributed by atoms with Gasteiger partial charge in [0.05, 0.1) is 0 Å². The maximum Gasteiger partial charge on any atom is 0.0320 e. The maximum absolute atomic E-state index is 3.82. The molecule has 0 heterocycles. The Morgan fingerprint density at radius 2 is 1.10 bits per heavy atom. The minimum absolute atomic E-state index is 0.314. The van der Waals surface area contributed by atoms with E-state index in [9.17, 15) is 0 Å². The fourth-order valence-electron chi connectivity index (χ4n) is 6.32. The van der Waals surface area contributed by atoms with Crippen molar-refractivity contribution in [2.24, 2.45) is 0 Å². The molecular formula is C47H58N2. The van der Waals surface area contributed by atoms with Gasteiger partial charge < -0.3 is 10.6 Å². The van der Waals surface area contributed by atoms with Gasteiger partial charge in [0, 0.05) is 25.2 Å². The largest absolute Gasteiger partial charge is 0.307 e. The molecule has 0 radical (unpaired) electrons. The summed E-state index contributed by atoms with van der Waals surface area (Å²) in [6, 6.07) is 41.9. The Balaban J connectivity index is 1.22. The molecule has 2 nitrogen and oxygen atoms in total. The third kappa shape index (κ3) is 13.3. The molecule has 2 atom stereocenters. The van der Waals surface area contributed by atoms with Crippen molar-refractivity contribution in [1.82, 2.24) is 10.6 Å². The van der Waals surface area contributed by atoms with Crippen LogP contribution < -0.4 is 10.6 Å². The number of hydrogen-bond donors (Lipinski definition) is 2. The molecule has 0 amide bonds. The minimum atomic E-state index is 0.314. The molecule has 4 aromatic rings. The predicted octanol–water partition coefficient (Wildman–Crippen LogP) is 12.2. The molecule has 4 rings (SSSR count). The van der Waals surface area contributed by atoms with Crippen LogP contribution in [0.2, 0.25) is 0 Å². The zero-order valence-electron chi connectivity index (χ0n) is 30.6. The van der Waals surface area contributed by atoms with Crippen molar-refractivity contribution in [3.8, 4) is 0 Å². The Morgan fingerprint density at radius 3 is 1.71 bits per heavy atom. The first-order valence-corrected chi connectivity index (χ1v) is 18.3. The third-order valence-electron chi connectivity index (χ3n) is 9.32. The van der Waals surface area contributed by atoms with Crippen LogP contribution in [-0.2, 0) is 6.42 Å². The average molecular weight is 651 g/mol. The van der Waals surface area contributed by atoms with Gasteiger partial charge in [-0.15, -0.1) is 0 Å². The molecule has 0 aliphatic carbocycles. The van der Waals surface area contributed by atoms with Gasteiger partial charge in [0.2, 0.25) is 0 Å². The third-order valence-corrected chi connectivity index (χ3v) is 9.32. The molecule has 0 bridgehead atoms. The quantitative estimate of drug-likeness (QED) is 0.0987. The van der Waals surface area contributed by atoms with E-state index in [-0.39, 0.29) is 0 Å². The van der Waals surface area contributed by atoms with Gasteiger partial charge in [0.1, 0.15) is 0 Å². The lowest BCUT2D eigenvalue weighted by molar-refractivity contribution is 0.551. The highest BCUT2D eigenvalue weighted by atomic mass is 14.9. The summed E-state index contributed by atoms with van der Waals surface area (Å²) in [4.78, 5) is 0. The number of hydrogen-bond acceptors (Lipinski definition) is 2. The highest BCUT2D eigenvalue weighted by Crippen LogP contribution is 2.24. The van der Waals surface area contributed by atoms with E-state index < -0.39 is 0 Å². The van der Waals surface area contributed by atoms with Crippen LogP contribution in [0.5, 0.6) is 0 Å². The number of benzene rings is 4. The molecule has 0 fully saturated rings. The molecule has 0 aliphatic heterocycles. The van der Waals surface area contributed by atoms with Gasteiger partial charge in [-0.05, 0) is 99.6 Å². The van der Waals surface area contributed by atoms with Gasteiger partial charge in [-0.25, -0.2) is 0 Å². The van der Waals surface area contributed by atoms with Crippen molar-refractivity contribution >= 4 is 5.57 Å². The van der Waals surface area contributed by atoms with Gasteiger partial charge in [-0.2, -0.15) is 0 Å². The van der Waals surface area contributed by atoms with E-state index in [1.165, 1.54) is 50.1 Å². The van der Waals surface area contributed by atoms with Crippen molar-refractivity contribution in [2.75, 3.05) is 13.1 Å². The highest BCUT2D eigenvalue weighted by molar-refractivity contribution is 5.79. The molecule has 256 valence electrons. The second-order valence-electron chi connectivity index (χ2n) is 13.4. The fourth-order valence-corrected chi connectivity index (χ4v) is 6.32. The van der Waals surface area contributed by atoms with E-state index in [2.05, 4.69) is 185 Å². The summed E-state index contributed by atoms with van der Waals surface area (Å²) >= 11 is 0. The second kappa shape index (κ2) is 21.0. The molecule has 2 N–H and O–H groups in total. The van der Waals surface area contributed by atoms with E-state index in [4.69, 9.17) is 0 Å². The van der Waals surface area contributed by atoms with Gasteiger partial charge in [0.25, 0.3) is 0 Å². The monoisotopic (exact) mass is 650 g/mol. The smallest absolute Gasteiger partial charge is 0.0320 e. The topological polar surface area (TPSA) is 24.1 Å². The zero-order chi connectivity index (χ0) is 34.7. The molecule has 0 aromatic heterocycles. The molecule has 0 saturated heterocycles. The van der Waals surface area contributed by atoms with E-state index in [1.807, 2.05) is 0 Å².